The second kappa shape index (κ2) is 10.2. The third-order valence-corrected chi connectivity index (χ3v) is 6.97. The maximum atomic E-state index is 13.1. The summed E-state index contributed by atoms with van der Waals surface area (Å²) in [6.07, 6.45) is 1.73. The van der Waals surface area contributed by atoms with E-state index in [-0.39, 0.29) is 22.7 Å². The van der Waals surface area contributed by atoms with Crippen molar-refractivity contribution in [2.24, 2.45) is 0 Å². The third kappa shape index (κ3) is 5.89. The lowest BCUT2D eigenvalue weighted by atomic mass is 10.2. The van der Waals surface area contributed by atoms with E-state index in [0.29, 0.717) is 0 Å². The van der Waals surface area contributed by atoms with Crippen LogP contribution in [0.25, 0.3) is 0 Å². The Labute approximate surface area is 198 Å². The van der Waals surface area contributed by atoms with E-state index in [0.717, 1.165) is 49.7 Å². The molecule has 0 bridgehead atoms. The first-order valence-electron chi connectivity index (χ1n) is 10.9. The highest BCUT2D eigenvalue weighted by atomic mass is 32.2. The molecule has 2 heterocycles. The molecule has 4 rings (SSSR count). The van der Waals surface area contributed by atoms with Crippen molar-refractivity contribution < 1.29 is 17.6 Å². The second-order valence-electron chi connectivity index (χ2n) is 8.14. The number of hydrogen-bond donors (Lipinski definition) is 2. The van der Waals surface area contributed by atoms with Crippen molar-refractivity contribution >= 4 is 27.4 Å². The molecule has 2 aromatic carbocycles. The molecule has 1 aromatic heterocycles. The minimum absolute atomic E-state index is 0.0641. The summed E-state index contributed by atoms with van der Waals surface area (Å²) >= 11 is 0. The first-order chi connectivity index (χ1) is 16.3. The highest BCUT2D eigenvalue weighted by molar-refractivity contribution is 7.92. The minimum atomic E-state index is -3.94. The van der Waals surface area contributed by atoms with Crippen LogP contribution >= 0.6 is 0 Å². The summed E-state index contributed by atoms with van der Waals surface area (Å²) in [6.45, 7) is 4.02. The van der Waals surface area contributed by atoms with Crippen molar-refractivity contribution in [3.63, 3.8) is 0 Å². The molecular formula is C24H26FN5O3S. The molecule has 0 spiro atoms. The number of hydrogen-bond acceptors (Lipinski definition) is 6. The van der Waals surface area contributed by atoms with E-state index in [4.69, 9.17) is 0 Å². The van der Waals surface area contributed by atoms with E-state index >= 15 is 0 Å². The number of carbonyl (C=O) groups is 1. The van der Waals surface area contributed by atoms with Gasteiger partial charge in [-0.3, -0.25) is 9.52 Å². The number of anilines is 2. The Hall–Kier alpha value is -3.50. The minimum Gasteiger partial charge on any atom is -0.354 e. The quantitative estimate of drug-likeness (QED) is 0.537. The zero-order chi connectivity index (χ0) is 24.1. The first-order valence-corrected chi connectivity index (χ1v) is 12.3. The lowest BCUT2D eigenvalue weighted by Crippen LogP contribution is -2.44. The zero-order valence-corrected chi connectivity index (χ0v) is 19.6. The summed E-state index contributed by atoms with van der Waals surface area (Å²) in [6, 6.07) is 14.5. The van der Waals surface area contributed by atoms with Crippen LogP contribution in [0.5, 0.6) is 0 Å². The van der Waals surface area contributed by atoms with Crippen molar-refractivity contribution in [3.05, 3.63) is 83.8 Å². The molecule has 1 saturated heterocycles. The second-order valence-corrected chi connectivity index (χ2v) is 9.82. The van der Waals surface area contributed by atoms with Gasteiger partial charge in [-0.15, -0.1) is 0 Å². The number of likely N-dealkylation sites (N-methyl/N-ethyl adjacent to an activating group) is 1. The Morgan fingerprint density at radius 2 is 1.76 bits per heavy atom. The molecule has 2 N–H and O–H groups in total. The standard InChI is InChI=1S/C24H26FN5O3S/c1-29-11-13-30(14-12-29)23-15-18(9-10-26-23)17-27-24(31)19-3-2-4-22(16-19)34(32,33)28-21-7-5-20(25)6-8-21/h2-10,15-16,28H,11-14,17H2,1H3,(H,27,31). The summed E-state index contributed by atoms with van der Waals surface area (Å²) in [7, 11) is -1.85. The molecule has 3 aromatic rings. The number of rotatable bonds is 7. The number of halogens is 1. The van der Waals surface area contributed by atoms with Gasteiger partial charge in [0.15, 0.2) is 0 Å². The van der Waals surface area contributed by atoms with Crippen molar-refractivity contribution in [2.75, 3.05) is 42.8 Å². The van der Waals surface area contributed by atoms with Gasteiger partial charge < -0.3 is 15.1 Å². The number of amides is 1. The van der Waals surface area contributed by atoms with E-state index < -0.39 is 21.7 Å². The predicted octanol–water partition coefficient (Wildman–Crippen LogP) is 2.70. The summed E-state index contributed by atoms with van der Waals surface area (Å²) < 4.78 is 40.9. The maximum Gasteiger partial charge on any atom is 0.261 e. The molecule has 0 radical (unpaired) electrons. The Morgan fingerprint density at radius 1 is 1.03 bits per heavy atom. The molecule has 1 aliphatic rings. The average Bonchev–Trinajstić information content (AvgIpc) is 2.84. The highest BCUT2D eigenvalue weighted by Gasteiger charge is 2.18. The molecule has 178 valence electrons. The van der Waals surface area contributed by atoms with Gasteiger partial charge in [0.1, 0.15) is 11.6 Å². The third-order valence-electron chi connectivity index (χ3n) is 5.59. The molecule has 0 aliphatic carbocycles. The molecule has 1 amide bonds. The number of piperazine rings is 1. The average molecular weight is 484 g/mol. The van der Waals surface area contributed by atoms with Gasteiger partial charge in [0.05, 0.1) is 4.90 Å². The summed E-state index contributed by atoms with van der Waals surface area (Å²) in [4.78, 5) is 21.6. The van der Waals surface area contributed by atoms with Crippen LogP contribution < -0.4 is 14.9 Å². The number of carbonyl (C=O) groups excluding carboxylic acids is 1. The molecule has 0 saturated carbocycles. The van der Waals surface area contributed by atoms with E-state index in [9.17, 15) is 17.6 Å². The summed E-state index contributed by atoms with van der Waals surface area (Å²) in [5, 5.41) is 2.84. The van der Waals surface area contributed by atoms with Gasteiger partial charge in [0, 0.05) is 50.2 Å². The van der Waals surface area contributed by atoms with E-state index in [1.165, 1.54) is 30.3 Å². The molecule has 8 nitrogen and oxygen atoms in total. The van der Waals surface area contributed by atoms with Crippen LogP contribution in [0.4, 0.5) is 15.9 Å². The largest absolute Gasteiger partial charge is 0.354 e. The van der Waals surface area contributed by atoms with Crippen molar-refractivity contribution in [1.29, 1.82) is 0 Å². The van der Waals surface area contributed by atoms with Crippen LogP contribution in [-0.4, -0.2) is 57.4 Å². The zero-order valence-electron chi connectivity index (χ0n) is 18.7. The normalized spacial score (nSPS) is 14.6. The van der Waals surface area contributed by atoms with E-state index in [2.05, 4.69) is 31.9 Å². The summed E-state index contributed by atoms with van der Waals surface area (Å²) in [5.74, 6) is 0.0167. The first kappa shape index (κ1) is 23.7. The molecule has 0 atom stereocenters. The molecular weight excluding hydrogens is 457 g/mol. The lowest BCUT2D eigenvalue weighted by molar-refractivity contribution is 0.0950. The van der Waals surface area contributed by atoms with E-state index in [1.54, 1.807) is 12.3 Å². The molecule has 0 unspecified atom stereocenters. The van der Waals surface area contributed by atoms with Crippen molar-refractivity contribution in [1.82, 2.24) is 15.2 Å². The maximum absolute atomic E-state index is 13.1. The van der Waals surface area contributed by atoms with Gasteiger partial charge in [-0.1, -0.05) is 6.07 Å². The monoisotopic (exact) mass is 483 g/mol. The van der Waals surface area contributed by atoms with Crippen molar-refractivity contribution in [2.45, 2.75) is 11.4 Å². The van der Waals surface area contributed by atoms with Gasteiger partial charge in [-0.25, -0.2) is 17.8 Å². The molecule has 34 heavy (non-hydrogen) atoms. The van der Waals surface area contributed by atoms with Crippen LogP contribution in [0.3, 0.4) is 0 Å². The number of aromatic nitrogens is 1. The van der Waals surface area contributed by atoms with Crippen LogP contribution in [0.15, 0.2) is 71.8 Å². The SMILES string of the molecule is CN1CCN(c2cc(CNC(=O)c3cccc(S(=O)(=O)Nc4ccc(F)cc4)c3)ccn2)CC1. The Kier molecular flexibility index (Phi) is 7.09. The lowest BCUT2D eigenvalue weighted by Gasteiger charge is -2.33. The van der Waals surface area contributed by atoms with Gasteiger partial charge >= 0.3 is 0 Å². The van der Waals surface area contributed by atoms with Gasteiger partial charge in [-0.05, 0) is 67.2 Å². The molecule has 1 aliphatic heterocycles. The number of nitrogens with one attached hydrogen (secondary N) is 2. The Morgan fingerprint density at radius 3 is 2.50 bits per heavy atom. The fourth-order valence-electron chi connectivity index (χ4n) is 3.60. The Balaban J connectivity index is 1.41. The molecule has 1 fully saturated rings. The van der Waals surface area contributed by atoms with Crippen LogP contribution in [0, 0.1) is 5.82 Å². The number of benzene rings is 2. The Bertz CT molecular complexity index is 1260. The van der Waals surface area contributed by atoms with Gasteiger partial charge in [0.2, 0.25) is 0 Å². The number of sulfonamides is 1. The van der Waals surface area contributed by atoms with Gasteiger partial charge in [0.25, 0.3) is 15.9 Å². The predicted molar refractivity (Wildman–Crippen MR) is 129 cm³/mol. The topological polar surface area (TPSA) is 94.6 Å². The number of pyridine rings is 1. The fraction of sp³-hybridized carbons (Fsp3) is 0.250. The van der Waals surface area contributed by atoms with Crippen LogP contribution in [0.2, 0.25) is 0 Å². The van der Waals surface area contributed by atoms with Crippen LogP contribution in [-0.2, 0) is 16.6 Å². The highest BCUT2D eigenvalue weighted by Crippen LogP contribution is 2.18. The van der Waals surface area contributed by atoms with E-state index in [1.807, 2.05) is 12.1 Å². The van der Waals surface area contributed by atoms with Gasteiger partial charge in [-0.2, -0.15) is 0 Å². The molecule has 10 heteroatoms. The van der Waals surface area contributed by atoms with Crippen molar-refractivity contribution in [3.8, 4) is 0 Å². The smallest absolute Gasteiger partial charge is 0.261 e. The number of nitrogens with zero attached hydrogens (tertiary/aromatic N) is 3. The fourth-order valence-corrected chi connectivity index (χ4v) is 4.70. The van der Waals surface area contributed by atoms with Crippen LogP contribution in [0.1, 0.15) is 15.9 Å². The summed E-state index contributed by atoms with van der Waals surface area (Å²) in [5.41, 5.74) is 1.35.